The van der Waals surface area contributed by atoms with Gasteiger partial charge in [-0.1, -0.05) is 46.2 Å². The molecule has 0 bridgehead atoms. The topological polar surface area (TPSA) is 86.9 Å². The van der Waals surface area contributed by atoms with Gasteiger partial charge in [0.1, 0.15) is 24.7 Å². The third-order valence-electron chi connectivity index (χ3n) is 10.8. The number of hydrogen-bond donors (Lipinski definition) is 0. The number of amides is 1. The number of likely N-dealkylation sites (N-methyl/N-ethyl adjacent to an activating group) is 1. The van der Waals surface area contributed by atoms with Crippen molar-refractivity contribution in [3.05, 3.63) is 29.2 Å². The molecule has 2 aliphatic carbocycles. The lowest BCUT2D eigenvalue weighted by molar-refractivity contribution is -0.124. The fraction of sp³-hybridized carbons (Fsp3) is 0.694. The predicted molar refractivity (Wildman–Crippen MR) is 198 cm³/mol. The number of fused-ring (bicyclic) bond motifs is 3. The molecule has 3 aliphatic rings. The summed E-state index contributed by atoms with van der Waals surface area (Å²) in [5, 5.41) is 5.16. The van der Waals surface area contributed by atoms with Gasteiger partial charge in [0.05, 0.1) is 24.8 Å². The van der Waals surface area contributed by atoms with Gasteiger partial charge >= 0.3 is 0 Å². The molecule has 1 amide bonds. The minimum Gasteiger partial charge on any atom is -0.379 e. The molecule has 0 radical (unpaired) electrons. The summed E-state index contributed by atoms with van der Waals surface area (Å²) in [6.45, 7) is 22.8. The fourth-order valence-electron chi connectivity index (χ4n) is 7.20. The largest absolute Gasteiger partial charge is 0.379 e. The standard InChI is InChI=1S/C36H57FN6O4Si2/c1-25(41-10-12-45-13-11-41)35(44)40(3)27-19-29(37)33-30(20-27)38-34(42(33)23-46-14-16-48(4,5)6)32-28-18-26-21-36(26,2)22-31(28)43(39-32)24-47-15-17-49(7,8)9/h19-20,25-26H,10-18,21-24H2,1-9H3/t25-,26+,36+/m0/s1. The third-order valence-corrected chi connectivity index (χ3v) is 14.2. The van der Waals surface area contributed by atoms with Crippen molar-refractivity contribution in [1.82, 2.24) is 24.2 Å². The van der Waals surface area contributed by atoms with Gasteiger partial charge in [-0.2, -0.15) is 5.10 Å². The number of nitrogens with zero attached hydrogens (tertiary/aromatic N) is 6. The molecule has 13 heteroatoms. The molecule has 2 fully saturated rings. The Labute approximate surface area is 293 Å². The zero-order valence-electron chi connectivity index (χ0n) is 31.2. The van der Waals surface area contributed by atoms with Crippen LogP contribution in [0.4, 0.5) is 10.1 Å². The van der Waals surface area contributed by atoms with Crippen LogP contribution in [0.25, 0.3) is 22.6 Å². The van der Waals surface area contributed by atoms with E-state index in [4.69, 9.17) is 24.3 Å². The maximum Gasteiger partial charge on any atom is 0.243 e. The second-order valence-electron chi connectivity index (χ2n) is 17.3. The molecular formula is C36H57FN6O4Si2. The molecule has 0 N–H and O–H groups in total. The second kappa shape index (κ2) is 13.9. The molecule has 49 heavy (non-hydrogen) atoms. The van der Waals surface area contributed by atoms with E-state index in [-0.39, 0.29) is 18.7 Å². The summed E-state index contributed by atoms with van der Waals surface area (Å²) in [4.78, 5) is 22.3. The van der Waals surface area contributed by atoms with Crippen LogP contribution in [-0.4, -0.2) is 98.9 Å². The van der Waals surface area contributed by atoms with Crippen molar-refractivity contribution in [3.63, 3.8) is 0 Å². The summed E-state index contributed by atoms with van der Waals surface area (Å²) < 4.78 is 38.2. The zero-order chi connectivity index (χ0) is 35.3. The number of benzene rings is 1. The van der Waals surface area contributed by atoms with Crippen molar-refractivity contribution in [3.8, 4) is 11.5 Å². The van der Waals surface area contributed by atoms with Gasteiger partial charge in [-0.15, -0.1) is 0 Å². The number of morpholine rings is 1. The van der Waals surface area contributed by atoms with E-state index >= 15 is 4.39 Å². The van der Waals surface area contributed by atoms with Crippen LogP contribution in [-0.2, 0) is 45.3 Å². The van der Waals surface area contributed by atoms with E-state index in [9.17, 15) is 4.79 Å². The maximum atomic E-state index is 16.4. The molecule has 3 atom stereocenters. The minimum atomic E-state index is -1.33. The van der Waals surface area contributed by atoms with E-state index < -0.39 is 22.0 Å². The Kier molecular flexibility index (Phi) is 10.4. The van der Waals surface area contributed by atoms with E-state index in [2.05, 4.69) is 51.1 Å². The number of anilines is 1. The van der Waals surface area contributed by atoms with Crippen molar-refractivity contribution in [2.45, 2.75) is 104 Å². The van der Waals surface area contributed by atoms with Crippen molar-refractivity contribution in [2.24, 2.45) is 11.3 Å². The number of aromatic nitrogens is 4. The van der Waals surface area contributed by atoms with E-state index in [1.807, 2.05) is 22.2 Å². The predicted octanol–water partition coefficient (Wildman–Crippen LogP) is 6.47. The number of carbonyl (C=O) groups is 1. The normalized spacial score (nSPS) is 21.9. The molecular weight excluding hydrogens is 656 g/mol. The molecule has 270 valence electrons. The molecule has 6 rings (SSSR count). The number of imidazole rings is 1. The highest BCUT2D eigenvalue weighted by Gasteiger charge is 2.54. The first kappa shape index (κ1) is 36.4. The third kappa shape index (κ3) is 8.07. The van der Waals surface area contributed by atoms with Crippen molar-refractivity contribution >= 4 is 38.8 Å². The van der Waals surface area contributed by atoms with Gasteiger partial charge in [0.15, 0.2) is 11.6 Å². The van der Waals surface area contributed by atoms with E-state index in [0.717, 1.165) is 30.6 Å². The van der Waals surface area contributed by atoms with Gasteiger partial charge in [0.25, 0.3) is 0 Å². The molecule has 10 nitrogen and oxygen atoms in total. The minimum absolute atomic E-state index is 0.0931. The number of hydrogen-bond acceptors (Lipinski definition) is 7. The van der Waals surface area contributed by atoms with Gasteiger partial charge in [-0.25, -0.2) is 14.1 Å². The first-order chi connectivity index (χ1) is 23.0. The number of halogens is 1. The molecule has 1 saturated heterocycles. The molecule has 0 unspecified atom stereocenters. The molecule has 0 spiro atoms. The summed E-state index contributed by atoms with van der Waals surface area (Å²) in [6.07, 6.45) is 3.09. The van der Waals surface area contributed by atoms with Crippen LogP contribution >= 0.6 is 0 Å². The summed E-state index contributed by atoms with van der Waals surface area (Å²) in [6, 6.07) is 5.03. The Bertz CT molecular complexity index is 1670. The van der Waals surface area contributed by atoms with Crippen LogP contribution in [0.15, 0.2) is 12.1 Å². The molecule has 3 aromatic rings. The fourth-order valence-corrected chi connectivity index (χ4v) is 8.71. The van der Waals surface area contributed by atoms with Gasteiger partial charge in [0.2, 0.25) is 5.91 Å². The molecule has 1 aromatic carbocycles. The Morgan fingerprint density at radius 1 is 1.08 bits per heavy atom. The zero-order valence-corrected chi connectivity index (χ0v) is 33.2. The van der Waals surface area contributed by atoms with Crippen LogP contribution < -0.4 is 4.90 Å². The monoisotopic (exact) mass is 712 g/mol. The van der Waals surface area contributed by atoms with E-state index in [1.54, 1.807) is 11.9 Å². The number of carbonyl (C=O) groups excluding carboxylic acids is 1. The molecule has 1 saturated carbocycles. The summed E-state index contributed by atoms with van der Waals surface area (Å²) in [7, 11) is -0.845. The lowest BCUT2D eigenvalue weighted by atomic mass is 9.87. The highest BCUT2D eigenvalue weighted by atomic mass is 28.3. The summed E-state index contributed by atoms with van der Waals surface area (Å²) in [5.74, 6) is 0.698. The number of rotatable bonds is 14. The average molecular weight is 713 g/mol. The summed E-state index contributed by atoms with van der Waals surface area (Å²) >= 11 is 0. The molecule has 3 heterocycles. The Morgan fingerprint density at radius 2 is 1.73 bits per heavy atom. The van der Waals surface area contributed by atoms with Gasteiger partial charge in [-0.05, 0) is 61.7 Å². The smallest absolute Gasteiger partial charge is 0.243 e. The highest BCUT2D eigenvalue weighted by molar-refractivity contribution is 6.76. The lowest BCUT2D eigenvalue weighted by Gasteiger charge is -2.33. The maximum absolute atomic E-state index is 16.4. The SMILES string of the molecule is C[C@@H](C(=O)N(C)c1cc(F)c2c(c1)nc(-c1nn(COCC[Si](C)(C)C)c3c1C[C@@H]1C[C@]1(C)C3)n2COCC[Si](C)(C)C)N1CCOCC1. The van der Waals surface area contributed by atoms with E-state index in [1.165, 1.54) is 23.7 Å². The Balaban J connectivity index is 1.37. The van der Waals surface area contributed by atoms with Crippen LogP contribution in [0, 0.1) is 17.2 Å². The van der Waals surface area contributed by atoms with Crippen LogP contribution in [0.1, 0.15) is 31.5 Å². The van der Waals surface area contributed by atoms with Gasteiger partial charge < -0.3 is 19.1 Å². The van der Waals surface area contributed by atoms with Crippen molar-refractivity contribution < 1.29 is 23.4 Å². The van der Waals surface area contributed by atoms with Gasteiger partial charge in [0, 0.05) is 66.4 Å². The highest BCUT2D eigenvalue weighted by Crippen LogP contribution is 2.60. The number of ether oxygens (including phenoxy) is 3. The average Bonchev–Trinajstić information content (AvgIpc) is 3.39. The van der Waals surface area contributed by atoms with E-state index in [0.29, 0.717) is 80.1 Å². The quantitative estimate of drug-likeness (QED) is 0.140. The van der Waals surface area contributed by atoms with Crippen LogP contribution in [0.5, 0.6) is 0 Å². The van der Waals surface area contributed by atoms with Crippen molar-refractivity contribution in [1.29, 1.82) is 0 Å². The first-order valence-electron chi connectivity index (χ1n) is 18.1. The van der Waals surface area contributed by atoms with Crippen LogP contribution in [0.3, 0.4) is 0 Å². The van der Waals surface area contributed by atoms with Crippen LogP contribution in [0.2, 0.25) is 51.4 Å². The lowest BCUT2D eigenvalue weighted by Crippen LogP contribution is -2.50. The molecule has 1 aliphatic heterocycles. The van der Waals surface area contributed by atoms with Gasteiger partial charge in [-0.3, -0.25) is 14.3 Å². The second-order valence-corrected chi connectivity index (χ2v) is 28.5. The van der Waals surface area contributed by atoms with Crippen molar-refractivity contribution in [2.75, 3.05) is 51.5 Å². The summed E-state index contributed by atoms with van der Waals surface area (Å²) in [5.41, 5.74) is 4.82. The first-order valence-corrected chi connectivity index (χ1v) is 25.5. The molecule has 2 aromatic heterocycles. The Morgan fingerprint density at radius 3 is 2.39 bits per heavy atom. The Hall–Kier alpha value is -2.43.